The van der Waals surface area contributed by atoms with E-state index in [0.29, 0.717) is 4.90 Å². The van der Waals surface area contributed by atoms with Gasteiger partial charge in [0.15, 0.2) is 0 Å². The molecule has 0 radical (unpaired) electrons. The van der Waals surface area contributed by atoms with Crippen LogP contribution in [0.5, 0.6) is 0 Å². The zero-order chi connectivity index (χ0) is 14.6. The zero-order valence-electron chi connectivity index (χ0n) is 12.0. The normalized spacial score (nSPS) is 19.9. The fourth-order valence-corrected chi connectivity index (χ4v) is 6.13. The minimum absolute atomic E-state index is 0.145. The summed E-state index contributed by atoms with van der Waals surface area (Å²) >= 11 is 3.34. The average Bonchev–Trinajstić information content (AvgIpc) is 3.09. The van der Waals surface area contributed by atoms with E-state index < -0.39 is 10.0 Å². The quantitative estimate of drug-likeness (QED) is 0.778. The van der Waals surface area contributed by atoms with Gasteiger partial charge in [-0.1, -0.05) is 6.92 Å². The highest BCUT2D eigenvalue weighted by atomic mass is 32.2. The first-order valence-electron chi connectivity index (χ1n) is 6.89. The van der Waals surface area contributed by atoms with Gasteiger partial charge < -0.3 is 5.32 Å². The number of rotatable bonds is 7. The van der Waals surface area contributed by atoms with Gasteiger partial charge in [-0.05, 0) is 31.2 Å². The van der Waals surface area contributed by atoms with Crippen LogP contribution in [0, 0.1) is 0 Å². The summed E-state index contributed by atoms with van der Waals surface area (Å²) in [6, 6.07) is 1.95. The van der Waals surface area contributed by atoms with Crippen molar-refractivity contribution in [3.63, 3.8) is 0 Å². The van der Waals surface area contributed by atoms with Gasteiger partial charge in [-0.2, -0.15) is 16.1 Å². The number of hydrogen-bond donors (Lipinski definition) is 1. The lowest BCUT2D eigenvalue weighted by atomic mass is 10.3. The van der Waals surface area contributed by atoms with Gasteiger partial charge in [-0.3, -0.25) is 0 Å². The van der Waals surface area contributed by atoms with Crippen molar-refractivity contribution in [1.82, 2.24) is 9.62 Å². The summed E-state index contributed by atoms with van der Waals surface area (Å²) < 4.78 is 26.7. The monoisotopic (exact) mass is 334 g/mol. The lowest BCUT2D eigenvalue weighted by Gasteiger charge is -2.22. The Morgan fingerprint density at radius 2 is 2.30 bits per heavy atom. The fourth-order valence-electron chi connectivity index (χ4n) is 2.15. The predicted octanol–water partition coefficient (Wildman–Crippen LogP) is 2.37. The van der Waals surface area contributed by atoms with Gasteiger partial charge in [0.2, 0.25) is 10.0 Å². The third kappa shape index (κ3) is 3.76. The van der Waals surface area contributed by atoms with E-state index in [1.54, 1.807) is 22.8 Å². The Balaban J connectivity index is 2.05. The van der Waals surface area contributed by atoms with Crippen molar-refractivity contribution >= 4 is 33.1 Å². The van der Waals surface area contributed by atoms with Crippen LogP contribution in [-0.4, -0.2) is 43.9 Å². The largest absolute Gasteiger partial charge is 0.312 e. The summed E-state index contributed by atoms with van der Waals surface area (Å²) in [4.78, 5) is 1.52. The third-order valence-electron chi connectivity index (χ3n) is 3.45. The first-order valence-corrected chi connectivity index (χ1v) is 10.4. The average molecular weight is 335 g/mol. The maximum Gasteiger partial charge on any atom is 0.243 e. The topological polar surface area (TPSA) is 49.4 Å². The first kappa shape index (κ1) is 16.3. The van der Waals surface area contributed by atoms with Crippen LogP contribution in [0.2, 0.25) is 0 Å². The summed E-state index contributed by atoms with van der Waals surface area (Å²) in [6.45, 7) is 3.82. The molecule has 0 amide bonds. The smallest absolute Gasteiger partial charge is 0.243 e. The van der Waals surface area contributed by atoms with Crippen LogP contribution in [0.15, 0.2) is 16.3 Å². The van der Waals surface area contributed by atoms with Crippen molar-refractivity contribution in [2.75, 3.05) is 25.1 Å². The van der Waals surface area contributed by atoms with E-state index in [9.17, 15) is 8.42 Å². The molecular formula is C13H22N2O2S3. The molecule has 0 aromatic carbocycles. The van der Waals surface area contributed by atoms with E-state index in [1.165, 1.54) is 11.3 Å². The lowest BCUT2D eigenvalue weighted by molar-refractivity contribution is 0.395. The van der Waals surface area contributed by atoms with Crippen LogP contribution in [0.3, 0.4) is 0 Å². The molecule has 1 aliphatic rings. The molecule has 4 nitrogen and oxygen atoms in total. The number of nitrogens with zero attached hydrogens (tertiary/aromatic N) is 1. The minimum Gasteiger partial charge on any atom is -0.312 e. The van der Waals surface area contributed by atoms with Crippen LogP contribution < -0.4 is 5.32 Å². The summed E-state index contributed by atoms with van der Waals surface area (Å²) in [5.41, 5.74) is 0. The van der Waals surface area contributed by atoms with Crippen molar-refractivity contribution in [2.24, 2.45) is 0 Å². The highest BCUT2D eigenvalue weighted by Gasteiger charge is 2.30. The van der Waals surface area contributed by atoms with Gasteiger partial charge in [0, 0.05) is 35.6 Å². The molecule has 1 atom stereocenters. The van der Waals surface area contributed by atoms with E-state index in [0.717, 1.165) is 42.3 Å². The summed E-state index contributed by atoms with van der Waals surface area (Å²) in [5.74, 6) is 1.96. The van der Waals surface area contributed by atoms with Gasteiger partial charge in [-0.15, -0.1) is 11.3 Å². The third-order valence-corrected chi connectivity index (χ3v) is 7.57. The van der Waals surface area contributed by atoms with Crippen molar-refractivity contribution in [2.45, 2.75) is 37.2 Å². The number of sulfonamides is 1. The molecule has 1 N–H and O–H groups in total. The molecule has 0 bridgehead atoms. The molecular weight excluding hydrogens is 312 g/mol. The molecule has 0 saturated carbocycles. The summed E-state index contributed by atoms with van der Waals surface area (Å²) in [5, 5.41) is 5.06. The Labute approximate surface area is 130 Å². The lowest BCUT2D eigenvalue weighted by Crippen LogP contribution is -2.36. The fraction of sp³-hybridized carbons (Fsp3) is 0.692. The maximum absolute atomic E-state index is 12.6. The Bertz CT molecular complexity index is 521. The number of thiophene rings is 1. The van der Waals surface area contributed by atoms with Crippen LogP contribution >= 0.6 is 23.1 Å². The van der Waals surface area contributed by atoms with Gasteiger partial charge in [0.1, 0.15) is 0 Å². The molecule has 114 valence electrons. The highest BCUT2D eigenvalue weighted by Crippen LogP contribution is 2.28. The highest BCUT2D eigenvalue weighted by molar-refractivity contribution is 7.99. The van der Waals surface area contributed by atoms with Gasteiger partial charge >= 0.3 is 0 Å². The zero-order valence-corrected chi connectivity index (χ0v) is 14.4. The van der Waals surface area contributed by atoms with E-state index in [1.807, 2.05) is 11.8 Å². The number of nitrogens with one attached hydrogen (secondary N) is 1. The Hall–Kier alpha value is -0.0800. The molecule has 2 heterocycles. The molecule has 20 heavy (non-hydrogen) atoms. The van der Waals surface area contributed by atoms with E-state index in [4.69, 9.17) is 0 Å². The van der Waals surface area contributed by atoms with E-state index >= 15 is 0 Å². The van der Waals surface area contributed by atoms with Crippen molar-refractivity contribution in [3.8, 4) is 0 Å². The minimum atomic E-state index is -3.33. The van der Waals surface area contributed by atoms with Crippen LogP contribution in [0.25, 0.3) is 0 Å². The molecule has 1 saturated heterocycles. The van der Waals surface area contributed by atoms with Crippen molar-refractivity contribution < 1.29 is 8.42 Å². The molecule has 1 aromatic heterocycles. The van der Waals surface area contributed by atoms with Gasteiger partial charge in [0.25, 0.3) is 0 Å². The SMILES string of the molecule is CCCNCc1cc(S(=O)(=O)N(C)C2CCSC2)cs1. The second kappa shape index (κ2) is 7.26. The molecule has 7 heteroatoms. The molecule has 1 aliphatic heterocycles. The molecule has 2 rings (SSSR count). The molecule has 1 aromatic rings. The van der Waals surface area contributed by atoms with Crippen molar-refractivity contribution in [1.29, 1.82) is 0 Å². The predicted molar refractivity (Wildman–Crippen MR) is 87.0 cm³/mol. The summed E-state index contributed by atoms with van der Waals surface area (Å²) in [7, 11) is -1.62. The second-order valence-electron chi connectivity index (χ2n) is 4.96. The van der Waals surface area contributed by atoms with Crippen LogP contribution in [0.1, 0.15) is 24.6 Å². The van der Waals surface area contributed by atoms with E-state index in [2.05, 4.69) is 12.2 Å². The molecule has 0 spiro atoms. The van der Waals surface area contributed by atoms with Crippen LogP contribution in [0.4, 0.5) is 0 Å². The molecule has 1 fully saturated rings. The van der Waals surface area contributed by atoms with Gasteiger partial charge in [-0.25, -0.2) is 8.42 Å². The molecule has 1 unspecified atom stereocenters. The second-order valence-corrected chi connectivity index (χ2v) is 9.11. The standard InChI is InChI=1S/C13H22N2O2S3/c1-3-5-14-8-12-7-13(10-19-12)20(16,17)15(2)11-4-6-18-9-11/h7,10-11,14H,3-6,8-9H2,1-2H3. The number of thioether (sulfide) groups is 1. The number of hydrogen-bond acceptors (Lipinski definition) is 5. The Morgan fingerprint density at radius 1 is 1.50 bits per heavy atom. The first-order chi connectivity index (χ1) is 9.55. The Morgan fingerprint density at radius 3 is 2.95 bits per heavy atom. The van der Waals surface area contributed by atoms with Gasteiger partial charge in [0.05, 0.1) is 4.90 Å². The van der Waals surface area contributed by atoms with E-state index in [-0.39, 0.29) is 6.04 Å². The molecule has 0 aliphatic carbocycles. The van der Waals surface area contributed by atoms with Crippen LogP contribution in [-0.2, 0) is 16.6 Å². The Kier molecular flexibility index (Phi) is 5.92. The van der Waals surface area contributed by atoms with Crippen molar-refractivity contribution in [3.05, 3.63) is 16.3 Å². The summed E-state index contributed by atoms with van der Waals surface area (Å²) in [6.07, 6.45) is 2.04. The maximum atomic E-state index is 12.6.